The lowest BCUT2D eigenvalue weighted by Crippen LogP contribution is -2.31. The van der Waals surface area contributed by atoms with Crippen molar-refractivity contribution in [2.24, 2.45) is 0 Å². The number of hydrogen-bond donors (Lipinski definition) is 1. The van der Waals surface area contributed by atoms with Crippen molar-refractivity contribution in [2.75, 3.05) is 19.8 Å². The van der Waals surface area contributed by atoms with Gasteiger partial charge in [0.15, 0.2) is 0 Å². The van der Waals surface area contributed by atoms with Gasteiger partial charge in [-0.15, -0.1) is 11.6 Å². The highest BCUT2D eigenvalue weighted by molar-refractivity contribution is 6.21. The van der Waals surface area contributed by atoms with Crippen LogP contribution in [0, 0.1) is 0 Å². The Bertz CT molecular complexity index is 285. The SMILES string of the molecule is ClC(CNC1CCOC1)c1ccccc1. The third-order valence-electron chi connectivity index (χ3n) is 2.68. The Balaban J connectivity index is 1.79. The molecule has 1 aliphatic heterocycles. The van der Waals surface area contributed by atoms with Crippen LogP contribution in [0.4, 0.5) is 0 Å². The van der Waals surface area contributed by atoms with E-state index in [1.54, 1.807) is 0 Å². The minimum atomic E-state index is 0.0480. The van der Waals surface area contributed by atoms with Gasteiger partial charge < -0.3 is 10.1 Å². The molecule has 3 heteroatoms. The molecule has 1 aromatic rings. The van der Waals surface area contributed by atoms with Crippen molar-refractivity contribution in [1.82, 2.24) is 5.32 Å². The van der Waals surface area contributed by atoms with E-state index in [1.807, 2.05) is 18.2 Å². The predicted octanol–water partition coefficient (Wildman–Crippen LogP) is 2.35. The van der Waals surface area contributed by atoms with Crippen molar-refractivity contribution in [2.45, 2.75) is 17.8 Å². The number of nitrogens with one attached hydrogen (secondary N) is 1. The Morgan fingerprint density at radius 1 is 1.40 bits per heavy atom. The first-order chi connectivity index (χ1) is 7.36. The molecule has 1 aromatic carbocycles. The Hall–Kier alpha value is -0.570. The van der Waals surface area contributed by atoms with Crippen LogP contribution in [0.25, 0.3) is 0 Å². The number of rotatable bonds is 4. The summed E-state index contributed by atoms with van der Waals surface area (Å²) in [6.07, 6.45) is 1.10. The molecular weight excluding hydrogens is 210 g/mol. The van der Waals surface area contributed by atoms with Crippen molar-refractivity contribution in [3.63, 3.8) is 0 Å². The van der Waals surface area contributed by atoms with Crippen LogP contribution in [0.3, 0.4) is 0 Å². The Morgan fingerprint density at radius 3 is 2.87 bits per heavy atom. The molecule has 1 saturated heterocycles. The predicted molar refractivity (Wildman–Crippen MR) is 62.3 cm³/mol. The molecule has 0 aliphatic carbocycles. The van der Waals surface area contributed by atoms with E-state index in [0.717, 1.165) is 26.2 Å². The van der Waals surface area contributed by atoms with Crippen LogP contribution in [0.5, 0.6) is 0 Å². The Morgan fingerprint density at radius 2 is 2.20 bits per heavy atom. The summed E-state index contributed by atoms with van der Waals surface area (Å²) in [6, 6.07) is 10.6. The second-order valence-corrected chi connectivity index (χ2v) is 4.37. The van der Waals surface area contributed by atoms with E-state index in [4.69, 9.17) is 16.3 Å². The van der Waals surface area contributed by atoms with Crippen LogP contribution in [0.15, 0.2) is 30.3 Å². The van der Waals surface area contributed by atoms with Gasteiger partial charge in [-0.25, -0.2) is 0 Å². The molecule has 0 aromatic heterocycles. The molecule has 0 saturated carbocycles. The summed E-state index contributed by atoms with van der Waals surface area (Å²) in [4.78, 5) is 0. The second-order valence-electron chi connectivity index (χ2n) is 3.85. The molecule has 1 aliphatic rings. The third kappa shape index (κ3) is 3.20. The maximum atomic E-state index is 6.28. The monoisotopic (exact) mass is 225 g/mol. The van der Waals surface area contributed by atoms with Crippen LogP contribution in [0.1, 0.15) is 17.4 Å². The molecule has 0 bridgehead atoms. The zero-order chi connectivity index (χ0) is 10.5. The smallest absolute Gasteiger partial charge is 0.0709 e. The van der Waals surface area contributed by atoms with Crippen LogP contribution >= 0.6 is 11.6 Å². The highest BCUT2D eigenvalue weighted by Crippen LogP contribution is 2.19. The van der Waals surface area contributed by atoms with Crippen LogP contribution in [-0.2, 0) is 4.74 Å². The maximum absolute atomic E-state index is 6.28. The summed E-state index contributed by atoms with van der Waals surface area (Å²) < 4.78 is 5.29. The van der Waals surface area contributed by atoms with Crippen LogP contribution in [-0.4, -0.2) is 25.8 Å². The zero-order valence-electron chi connectivity index (χ0n) is 8.66. The minimum Gasteiger partial charge on any atom is -0.380 e. The molecule has 1 fully saturated rings. The summed E-state index contributed by atoms with van der Waals surface area (Å²) in [7, 11) is 0. The summed E-state index contributed by atoms with van der Waals surface area (Å²) in [5.74, 6) is 0. The van der Waals surface area contributed by atoms with Gasteiger partial charge in [-0.05, 0) is 12.0 Å². The molecule has 2 atom stereocenters. The fraction of sp³-hybridized carbons (Fsp3) is 0.500. The van der Waals surface area contributed by atoms with Crippen molar-refractivity contribution in [3.8, 4) is 0 Å². The molecule has 82 valence electrons. The van der Waals surface area contributed by atoms with Crippen molar-refractivity contribution in [3.05, 3.63) is 35.9 Å². The van der Waals surface area contributed by atoms with Crippen molar-refractivity contribution >= 4 is 11.6 Å². The number of hydrogen-bond acceptors (Lipinski definition) is 2. The third-order valence-corrected chi connectivity index (χ3v) is 3.08. The van der Waals surface area contributed by atoms with Gasteiger partial charge in [-0.1, -0.05) is 30.3 Å². The number of halogens is 1. The Kier molecular flexibility index (Phi) is 4.01. The zero-order valence-corrected chi connectivity index (χ0v) is 9.41. The van der Waals surface area contributed by atoms with Crippen molar-refractivity contribution < 1.29 is 4.74 Å². The molecule has 1 heterocycles. The number of alkyl halides is 1. The largest absolute Gasteiger partial charge is 0.380 e. The fourth-order valence-corrected chi connectivity index (χ4v) is 1.98. The second kappa shape index (κ2) is 5.50. The van der Waals surface area contributed by atoms with Gasteiger partial charge >= 0.3 is 0 Å². The number of ether oxygens (including phenoxy) is 1. The van der Waals surface area contributed by atoms with E-state index in [-0.39, 0.29) is 5.38 Å². The van der Waals surface area contributed by atoms with E-state index in [9.17, 15) is 0 Å². The number of benzene rings is 1. The standard InChI is InChI=1S/C12H16ClNO/c13-12(10-4-2-1-3-5-10)8-14-11-6-7-15-9-11/h1-5,11-12,14H,6-9H2. The molecule has 0 spiro atoms. The molecule has 1 N–H and O–H groups in total. The van der Waals surface area contributed by atoms with Gasteiger partial charge in [0.05, 0.1) is 12.0 Å². The average Bonchev–Trinajstić information content (AvgIpc) is 2.80. The van der Waals surface area contributed by atoms with E-state index in [0.29, 0.717) is 6.04 Å². The first-order valence-electron chi connectivity index (χ1n) is 5.36. The van der Waals surface area contributed by atoms with Gasteiger partial charge in [0, 0.05) is 19.2 Å². The van der Waals surface area contributed by atoms with Gasteiger partial charge in [0.1, 0.15) is 0 Å². The summed E-state index contributed by atoms with van der Waals surface area (Å²) in [5.41, 5.74) is 1.17. The minimum absolute atomic E-state index is 0.0480. The molecule has 15 heavy (non-hydrogen) atoms. The summed E-state index contributed by atoms with van der Waals surface area (Å²) in [5, 5.41) is 3.47. The van der Waals surface area contributed by atoms with Crippen molar-refractivity contribution in [1.29, 1.82) is 0 Å². The molecule has 0 radical (unpaired) electrons. The van der Waals surface area contributed by atoms with Gasteiger partial charge in [0.2, 0.25) is 0 Å². The first kappa shape index (κ1) is 10.9. The van der Waals surface area contributed by atoms with Crippen LogP contribution < -0.4 is 5.32 Å². The first-order valence-corrected chi connectivity index (χ1v) is 5.80. The van der Waals surface area contributed by atoms with E-state index in [2.05, 4.69) is 17.4 Å². The fourth-order valence-electron chi connectivity index (χ4n) is 1.75. The molecular formula is C12H16ClNO. The van der Waals surface area contributed by atoms with Gasteiger partial charge in [-0.3, -0.25) is 0 Å². The lowest BCUT2D eigenvalue weighted by Gasteiger charge is -2.14. The van der Waals surface area contributed by atoms with Gasteiger partial charge in [-0.2, -0.15) is 0 Å². The molecule has 2 unspecified atom stereocenters. The van der Waals surface area contributed by atoms with Crippen LogP contribution in [0.2, 0.25) is 0 Å². The van der Waals surface area contributed by atoms with E-state index < -0.39 is 0 Å². The van der Waals surface area contributed by atoms with E-state index in [1.165, 1.54) is 5.56 Å². The normalized spacial score (nSPS) is 22.9. The summed E-state index contributed by atoms with van der Waals surface area (Å²) >= 11 is 6.28. The molecule has 0 amide bonds. The highest BCUT2D eigenvalue weighted by atomic mass is 35.5. The highest BCUT2D eigenvalue weighted by Gasteiger charge is 2.16. The topological polar surface area (TPSA) is 21.3 Å². The average molecular weight is 226 g/mol. The lowest BCUT2D eigenvalue weighted by atomic mass is 10.1. The maximum Gasteiger partial charge on any atom is 0.0709 e. The van der Waals surface area contributed by atoms with E-state index >= 15 is 0 Å². The quantitative estimate of drug-likeness (QED) is 0.795. The Labute approximate surface area is 95.6 Å². The molecule has 2 nitrogen and oxygen atoms in total. The molecule has 2 rings (SSSR count). The van der Waals surface area contributed by atoms with Gasteiger partial charge in [0.25, 0.3) is 0 Å². The summed E-state index contributed by atoms with van der Waals surface area (Å²) in [6.45, 7) is 2.49. The lowest BCUT2D eigenvalue weighted by molar-refractivity contribution is 0.190.